The number of fused-ring (bicyclic) bond motifs is 1. The topological polar surface area (TPSA) is 134 Å². The second-order valence-electron chi connectivity index (χ2n) is 7.08. The molecule has 150 valence electrons. The lowest BCUT2D eigenvalue weighted by atomic mass is 9.81. The number of nitrogen functional groups attached to an aromatic ring is 1. The number of rotatable bonds is 6. The summed E-state index contributed by atoms with van der Waals surface area (Å²) in [6.07, 6.45) is -0.117. The molecule has 1 aromatic carbocycles. The van der Waals surface area contributed by atoms with Gasteiger partial charge in [0, 0.05) is 18.5 Å². The maximum Gasteiger partial charge on any atom is 0.302 e. The van der Waals surface area contributed by atoms with Crippen molar-refractivity contribution in [1.82, 2.24) is 15.4 Å². The smallest absolute Gasteiger partial charge is 0.302 e. The van der Waals surface area contributed by atoms with E-state index in [9.17, 15) is 9.59 Å². The Morgan fingerprint density at radius 3 is 2.71 bits per heavy atom. The SMILES string of the molecule is CC(=O)O[C@@H](C)[C@H](C)C1Cc2c(nc(N)[nH]c2=O)NC1NNc1ccccc1. The zero-order chi connectivity index (χ0) is 20.3. The summed E-state index contributed by atoms with van der Waals surface area (Å²) in [5.41, 5.74) is 13.3. The number of anilines is 3. The van der Waals surface area contributed by atoms with Gasteiger partial charge in [-0.3, -0.25) is 14.6 Å². The molecule has 3 rings (SSSR count). The van der Waals surface area contributed by atoms with Crippen molar-refractivity contribution in [2.75, 3.05) is 16.5 Å². The van der Waals surface area contributed by atoms with Gasteiger partial charge in [0.05, 0.1) is 11.7 Å². The number of esters is 1. The van der Waals surface area contributed by atoms with Gasteiger partial charge in [-0.05, 0) is 31.4 Å². The number of aromatic amines is 1. The number of benzene rings is 1. The Hall–Kier alpha value is -3.07. The summed E-state index contributed by atoms with van der Waals surface area (Å²) in [6, 6.07) is 9.66. The molecule has 2 aromatic rings. The minimum atomic E-state index is -0.331. The molecule has 0 bridgehead atoms. The van der Waals surface area contributed by atoms with E-state index < -0.39 is 0 Å². The van der Waals surface area contributed by atoms with Gasteiger partial charge in [0.1, 0.15) is 11.9 Å². The minimum absolute atomic E-state index is 0.0309. The summed E-state index contributed by atoms with van der Waals surface area (Å²) in [5.74, 6) is 0.104. The summed E-state index contributed by atoms with van der Waals surface area (Å²) in [6.45, 7) is 5.25. The van der Waals surface area contributed by atoms with E-state index in [2.05, 4.69) is 26.1 Å². The second kappa shape index (κ2) is 8.30. The Bertz CT molecular complexity index is 885. The first-order valence-electron chi connectivity index (χ1n) is 9.24. The highest BCUT2D eigenvalue weighted by molar-refractivity contribution is 5.66. The van der Waals surface area contributed by atoms with Crippen LogP contribution in [0.2, 0.25) is 0 Å². The van der Waals surface area contributed by atoms with E-state index >= 15 is 0 Å². The third kappa shape index (κ3) is 4.42. The Balaban J connectivity index is 1.85. The summed E-state index contributed by atoms with van der Waals surface area (Å²) in [5, 5.41) is 3.26. The lowest BCUT2D eigenvalue weighted by Gasteiger charge is -2.39. The van der Waals surface area contributed by atoms with Crippen LogP contribution >= 0.6 is 0 Å². The van der Waals surface area contributed by atoms with Crippen LogP contribution in [0.5, 0.6) is 0 Å². The number of aromatic nitrogens is 2. The molecule has 0 saturated carbocycles. The van der Waals surface area contributed by atoms with Crippen LogP contribution < -0.4 is 27.5 Å². The van der Waals surface area contributed by atoms with Gasteiger partial charge in [0.2, 0.25) is 5.95 Å². The number of carbonyl (C=O) groups is 1. The highest BCUT2D eigenvalue weighted by Gasteiger charge is 2.37. The van der Waals surface area contributed by atoms with Crippen molar-refractivity contribution in [3.63, 3.8) is 0 Å². The summed E-state index contributed by atoms with van der Waals surface area (Å²) in [4.78, 5) is 30.5. The highest BCUT2D eigenvalue weighted by Crippen LogP contribution is 2.31. The van der Waals surface area contributed by atoms with Crippen LogP contribution in [0, 0.1) is 11.8 Å². The average Bonchev–Trinajstić information content (AvgIpc) is 2.65. The molecule has 0 saturated heterocycles. The number of hydrogen-bond donors (Lipinski definition) is 5. The lowest BCUT2D eigenvalue weighted by molar-refractivity contribution is -0.148. The summed E-state index contributed by atoms with van der Waals surface area (Å²) in [7, 11) is 0. The van der Waals surface area contributed by atoms with Crippen molar-refractivity contribution in [3.05, 3.63) is 46.2 Å². The molecule has 0 fully saturated rings. The predicted molar refractivity (Wildman–Crippen MR) is 107 cm³/mol. The minimum Gasteiger partial charge on any atom is -0.463 e. The van der Waals surface area contributed by atoms with Crippen LogP contribution in [-0.4, -0.2) is 28.2 Å². The molecule has 9 heteroatoms. The molecule has 0 spiro atoms. The number of hydrazine groups is 1. The van der Waals surface area contributed by atoms with Crippen LogP contribution in [0.3, 0.4) is 0 Å². The Morgan fingerprint density at radius 2 is 2.04 bits per heavy atom. The van der Waals surface area contributed by atoms with Gasteiger partial charge in [-0.2, -0.15) is 4.98 Å². The second-order valence-corrected chi connectivity index (χ2v) is 7.08. The fourth-order valence-electron chi connectivity index (χ4n) is 3.46. The number of carbonyl (C=O) groups excluding carboxylic acids is 1. The largest absolute Gasteiger partial charge is 0.463 e. The standard InChI is InChI=1S/C19H26N6O3/c1-10(11(2)28-12(3)26)14-9-15-16(22-19(20)23-18(15)27)21-17(14)25-24-13-7-5-4-6-8-13/h4-8,10-11,14,17,24-25H,9H2,1-3H3,(H4,20,21,22,23,27)/t10-,11-,14?,17?/m0/s1. The van der Waals surface area contributed by atoms with Gasteiger partial charge in [0.15, 0.2) is 0 Å². The molecule has 0 amide bonds. The fraction of sp³-hybridized carbons (Fsp3) is 0.421. The van der Waals surface area contributed by atoms with E-state index in [1.54, 1.807) is 0 Å². The molecular weight excluding hydrogens is 360 g/mol. The molecule has 6 N–H and O–H groups in total. The number of hydrogen-bond acceptors (Lipinski definition) is 8. The zero-order valence-electron chi connectivity index (χ0n) is 16.2. The normalized spacial score (nSPS) is 20.4. The van der Waals surface area contributed by atoms with E-state index in [4.69, 9.17) is 10.5 Å². The van der Waals surface area contributed by atoms with Gasteiger partial charge in [-0.15, -0.1) is 0 Å². The molecule has 1 aliphatic rings. The van der Waals surface area contributed by atoms with Crippen LogP contribution in [0.15, 0.2) is 35.1 Å². The number of para-hydroxylation sites is 1. The van der Waals surface area contributed by atoms with Crippen molar-refractivity contribution in [2.24, 2.45) is 11.8 Å². The number of nitrogens with one attached hydrogen (secondary N) is 4. The lowest BCUT2D eigenvalue weighted by Crippen LogP contribution is -2.53. The van der Waals surface area contributed by atoms with Gasteiger partial charge in [-0.1, -0.05) is 25.1 Å². The first-order valence-corrected chi connectivity index (χ1v) is 9.24. The molecule has 9 nitrogen and oxygen atoms in total. The third-order valence-corrected chi connectivity index (χ3v) is 5.11. The number of nitrogens with two attached hydrogens (primary N) is 1. The summed E-state index contributed by atoms with van der Waals surface area (Å²) < 4.78 is 5.38. The average molecular weight is 386 g/mol. The summed E-state index contributed by atoms with van der Waals surface area (Å²) >= 11 is 0. The van der Waals surface area contributed by atoms with Crippen molar-refractivity contribution < 1.29 is 9.53 Å². The van der Waals surface area contributed by atoms with E-state index in [-0.39, 0.29) is 41.6 Å². The maximum atomic E-state index is 12.3. The van der Waals surface area contributed by atoms with Crippen LogP contribution in [0.4, 0.5) is 17.5 Å². The molecule has 2 unspecified atom stereocenters. The first-order chi connectivity index (χ1) is 13.3. The molecule has 1 aliphatic heterocycles. The Morgan fingerprint density at radius 1 is 1.32 bits per heavy atom. The Kier molecular flexibility index (Phi) is 5.84. The molecule has 4 atom stereocenters. The predicted octanol–water partition coefficient (Wildman–Crippen LogP) is 1.47. The zero-order valence-corrected chi connectivity index (χ0v) is 16.2. The van der Waals surface area contributed by atoms with E-state index in [1.807, 2.05) is 44.2 Å². The molecule has 2 heterocycles. The van der Waals surface area contributed by atoms with Gasteiger partial charge in [-0.25, -0.2) is 5.43 Å². The number of nitrogens with zero attached hydrogens (tertiary/aromatic N) is 1. The maximum absolute atomic E-state index is 12.3. The highest BCUT2D eigenvalue weighted by atomic mass is 16.5. The molecule has 0 radical (unpaired) electrons. The molecular formula is C19H26N6O3. The fourth-order valence-corrected chi connectivity index (χ4v) is 3.46. The van der Waals surface area contributed by atoms with Crippen LogP contribution in [-0.2, 0) is 16.0 Å². The van der Waals surface area contributed by atoms with Gasteiger partial charge >= 0.3 is 5.97 Å². The molecule has 28 heavy (non-hydrogen) atoms. The quantitative estimate of drug-likeness (QED) is 0.372. The van der Waals surface area contributed by atoms with Gasteiger partial charge in [0.25, 0.3) is 5.56 Å². The molecule has 1 aromatic heterocycles. The Labute approximate surface area is 163 Å². The monoisotopic (exact) mass is 386 g/mol. The molecule has 0 aliphatic carbocycles. The van der Waals surface area contributed by atoms with Crippen molar-refractivity contribution >= 4 is 23.4 Å². The van der Waals surface area contributed by atoms with E-state index in [0.717, 1.165) is 5.69 Å². The first kappa shape index (κ1) is 19.7. The van der Waals surface area contributed by atoms with Crippen molar-refractivity contribution in [2.45, 2.75) is 39.5 Å². The van der Waals surface area contributed by atoms with E-state index in [1.165, 1.54) is 6.92 Å². The van der Waals surface area contributed by atoms with Crippen LogP contribution in [0.25, 0.3) is 0 Å². The number of H-pyrrole nitrogens is 1. The van der Waals surface area contributed by atoms with Crippen molar-refractivity contribution in [3.8, 4) is 0 Å². The number of ether oxygens (including phenoxy) is 1. The van der Waals surface area contributed by atoms with Crippen LogP contribution in [0.1, 0.15) is 26.3 Å². The third-order valence-electron chi connectivity index (χ3n) is 5.11. The van der Waals surface area contributed by atoms with Gasteiger partial charge < -0.3 is 21.2 Å². The van der Waals surface area contributed by atoms with E-state index in [0.29, 0.717) is 17.8 Å². The van der Waals surface area contributed by atoms with Crippen molar-refractivity contribution in [1.29, 1.82) is 0 Å².